The molecule has 0 aromatic heterocycles. The summed E-state index contributed by atoms with van der Waals surface area (Å²) in [6.07, 6.45) is 8.13. The Morgan fingerprint density at radius 1 is 1.27 bits per heavy atom. The average Bonchev–Trinajstić information content (AvgIpc) is 2.65. The summed E-state index contributed by atoms with van der Waals surface area (Å²) >= 11 is 0. The minimum Gasteiger partial charge on any atom is -0.308 e. The highest BCUT2D eigenvalue weighted by atomic mass is 31.2. The molecule has 3 atom stereocenters. The van der Waals surface area contributed by atoms with E-state index in [2.05, 4.69) is 0 Å². The van der Waals surface area contributed by atoms with Crippen molar-refractivity contribution < 1.29 is 31.7 Å². The maximum absolute atomic E-state index is 12.1. The molecule has 126 valence electrons. The van der Waals surface area contributed by atoms with E-state index < -0.39 is 16.4 Å². The molecule has 0 spiro atoms. The molecule has 1 unspecified atom stereocenters. The van der Waals surface area contributed by atoms with Gasteiger partial charge in [0, 0.05) is 6.42 Å². The van der Waals surface area contributed by atoms with Crippen LogP contribution in [0.5, 0.6) is 0 Å². The van der Waals surface area contributed by atoms with Crippen molar-refractivity contribution in [1.82, 2.24) is 0 Å². The molecule has 0 N–H and O–H groups in total. The summed E-state index contributed by atoms with van der Waals surface area (Å²) < 4.78 is 44.1. The van der Waals surface area contributed by atoms with E-state index >= 15 is 0 Å². The summed E-state index contributed by atoms with van der Waals surface area (Å²) in [5.41, 5.74) is 0. The Kier molecular flexibility index (Phi) is 7.68. The molecule has 0 aromatic carbocycles. The van der Waals surface area contributed by atoms with Crippen LogP contribution in [0.25, 0.3) is 0 Å². The normalized spacial score (nSPS) is 28.9. The zero-order valence-electron chi connectivity index (χ0n) is 12.8. The minimum atomic E-state index is -3.46. The predicted molar refractivity (Wildman–Crippen MR) is 82.3 cm³/mol. The third-order valence-corrected chi connectivity index (χ3v) is 5.65. The third-order valence-electron chi connectivity index (χ3n) is 2.79. The average molecular weight is 352 g/mol. The number of rotatable bonds is 8. The molecular weight excluding hydrogens is 330 g/mol. The first-order valence-corrected chi connectivity index (χ1v) is 9.84. The lowest BCUT2D eigenvalue weighted by atomic mass is 10.1. The Morgan fingerprint density at radius 2 is 2.05 bits per heavy atom. The molecule has 22 heavy (non-hydrogen) atoms. The van der Waals surface area contributed by atoms with Crippen LogP contribution in [0.1, 0.15) is 20.3 Å². The van der Waals surface area contributed by atoms with Crippen LogP contribution in [0.15, 0.2) is 24.3 Å². The first kappa shape index (κ1) is 18.2. The molecule has 0 radical (unpaired) electrons. The molecule has 0 aromatic rings. The van der Waals surface area contributed by atoms with Crippen LogP contribution in [-0.2, 0) is 31.7 Å². The maximum atomic E-state index is 12.1. The fraction of sp³-hybridized carbons (Fsp3) is 0.692. The van der Waals surface area contributed by atoms with E-state index in [-0.39, 0.29) is 32.0 Å². The van der Waals surface area contributed by atoms with Gasteiger partial charge >= 0.3 is 16.4 Å². The van der Waals surface area contributed by atoms with Gasteiger partial charge in [-0.3, -0.25) is 13.6 Å². The summed E-state index contributed by atoms with van der Waals surface area (Å²) in [5, 5.41) is 0. The summed E-state index contributed by atoms with van der Waals surface area (Å²) in [6, 6.07) is 0. The van der Waals surface area contributed by atoms with Gasteiger partial charge < -0.3 is 13.6 Å². The molecule has 0 saturated carbocycles. The molecule has 0 aliphatic carbocycles. The zero-order valence-corrected chi connectivity index (χ0v) is 14.5. The Labute approximate surface area is 132 Å². The monoisotopic (exact) mass is 352 g/mol. The van der Waals surface area contributed by atoms with Crippen molar-refractivity contribution in [2.24, 2.45) is 0 Å². The molecule has 1 fully saturated rings. The van der Waals surface area contributed by atoms with Gasteiger partial charge in [-0.15, -0.1) is 0 Å². The highest BCUT2D eigenvalue weighted by molar-refractivity contribution is 7.48. The predicted octanol–water partition coefficient (Wildman–Crippen LogP) is 3.73. The van der Waals surface area contributed by atoms with Crippen LogP contribution in [0.4, 0.5) is 0 Å². The van der Waals surface area contributed by atoms with Crippen molar-refractivity contribution in [2.75, 3.05) is 26.4 Å². The number of hydrogen-bond donors (Lipinski definition) is 0. The summed E-state index contributed by atoms with van der Waals surface area (Å²) in [7, 11) is -4.77. The highest BCUT2D eigenvalue weighted by Crippen LogP contribution is 2.50. The lowest BCUT2D eigenvalue weighted by Crippen LogP contribution is -2.23. The summed E-state index contributed by atoms with van der Waals surface area (Å²) in [5.74, 6) is 0. The Hall–Kier alpha value is -0.100. The molecule has 2 heterocycles. The van der Waals surface area contributed by atoms with Gasteiger partial charge in [-0.25, -0.2) is 4.57 Å². The fourth-order valence-corrected chi connectivity index (χ4v) is 4.19. The highest BCUT2D eigenvalue weighted by Gasteiger charge is 2.31. The topological polar surface area (TPSA) is 72.5 Å². The van der Waals surface area contributed by atoms with Crippen molar-refractivity contribution in [3.63, 3.8) is 0 Å². The maximum Gasteiger partial charge on any atom is 0.475 e. The van der Waals surface area contributed by atoms with E-state index in [9.17, 15) is 4.57 Å². The van der Waals surface area contributed by atoms with E-state index in [0.29, 0.717) is 13.0 Å². The van der Waals surface area contributed by atoms with Gasteiger partial charge in [0.25, 0.3) is 0 Å². The largest absolute Gasteiger partial charge is 0.475 e. The summed E-state index contributed by atoms with van der Waals surface area (Å²) in [6.45, 7) is 4.63. The Bertz CT molecular complexity index is 430. The van der Waals surface area contributed by atoms with Crippen LogP contribution >= 0.6 is 16.4 Å². The first-order valence-electron chi connectivity index (χ1n) is 7.28. The number of hydrogen-bond acceptors (Lipinski definition) is 7. The van der Waals surface area contributed by atoms with Gasteiger partial charge in [0.05, 0.1) is 38.6 Å². The van der Waals surface area contributed by atoms with E-state index in [1.54, 1.807) is 19.9 Å². The van der Waals surface area contributed by atoms with Crippen LogP contribution in [-0.4, -0.2) is 38.6 Å². The fourth-order valence-electron chi connectivity index (χ4n) is 1.93. The van der Waals surface area contributed by atoms with Gasteiger partial charge in [0.1, 0.15) is 0 Å². The second-order valence-electron chi connectivity index (χ2n) is 4.48. The summed E-state index contributed by atoms with van der Waals surface area (Å²) in [4.78, 5) is 0. The Balaban J connectivity index is 1.79. The van der Waals surface area contributed by atoms with Gasteiger partial charge in [-0.1, -0.05) is 24.3 Å². The van der Waals surface area contributed by atoms with E-state index in [4.69, 9.17) is 27.1 Å². The molecule has 0 amide bonds. The van der Waals surface area contributed by atoms with Crippen LogP contribution in [0.2, 0.25) is 0 Å². The van der Waals surface area contributed by atoms with Gasteiger partial charge in [0.2, 0.25) is 0 Å². The van der Waals surface area contributed by atoms with Crippen LogP contribution < -0.4 is 0 Å². The Morgan fingerprint density at radius 3 is 2.77 bits per heavy atom. The van der Waals surface area contributed by atoms with Gasteiger partial charge in [-0.05, 0) is 13.8 Å². The molecule has 2 bridgehead atoms. The second-order valence-corrected chi connectivity index (χ2v) is 7.27. The van der Waals surface area contributed by atoms with E-state index in [1.165, 1.54) is 0 Å². The standard InChI is InChI=1S/C13H22O7P2/c1-3-16-22(14,17-4-2)18-10-6-8-13-11-12-7-5-9-15-21(19-12)20-13/h5-8,12-13H,3-4,9-11H2,1-2H3/b8-6+/t12-,13-,21?/m0/s1. The molecule has 7 nitrogen and oxygen atoms in total. The van der Waals surface area contributed by atoms with Gasteiger partial charge in [0.15, 0.2) is 0 Å². The van der Waals surface area contributed by atoms with Crippen molar-refractivity contribution in [1.29, 1.82) is 0 Å². The lowest BCUT2D eigenvalue weighted by molar-refractivity contribution is 0.0640. The zero-order chi connectivity index (χ0) is 15.8. The van der Waals surface area contributed by atoms with Crippen molar-refractivity contribution in [3.05, 3.63) is 24.3 Å². The van der Waals surface area contributed by atoms with E-state index in [0.717, 1.165) is 0 Å². The van der Waals surface area contributed by atoms with Gasteiger partial charge in [-0.2, -0.15) is 0 Å². The molecule has 2 rings (SSSR count). The van der Waals surface area contributed by atoms with E-state index in [1.807, 2.05) is 18.2 Å². The van der Waals surface area contributed by atoms with Crippen LogP contribution in [0, 0.1) is 0 Å². The number of fused-ring (bicyclic) bond motifs is 2. The third kappa shape index (κ3) is 5.84. The molecule has 9 heteroatoms. The number of phosphoric ester groups is 1. The molecule has 1 saturated heterocycles. The smallest absolute Gasteiger partial charge is 0.308 e. The number of phosphoric acid groups is 1. The van der Waals surface area contributed by atoms with Crippen molar-refractivity contribution >= 4 is 16.4 Å². The first-order chi connectivity index (χ1) is 10.6. The minimum absolute atomic E-state index is 0.0101. The molecular formula is C13H22O7P2. The SMILES string of the molecule is CCOP(=O)(OCC)OC/C=C/[C@H]1C[C@@H]2C=CCOP(O2)O1. The quantitative estimate of drug-likeness (QED) is 0.487. The lowest BCUT2D eigenvalue weighted by Gasteiger charge is -2.29. The van der Waals surface area contributed by atoms with Crippen molar-refractivity contribution in [2.45, 2.75) is 32.5 Å². The van der Waals surface area contributed by atoms with Crippen LogP contribution in [0.3, 0.4) is 0 Å². The van der Waals surface area contributed by atoms with Crippen molar-refractivity contribution in [3.8, 4) is 0 Å². The second kappa shape index (κ2) is 9.26. The molecule has 2 aliphatic rings. The molecule has 2 aliphatic heterocycles.